The molecule has 0 fully saturated rings. The van der Waals surface area contributed by atoms with E-state index >= 15 is 0 Å². The van der Waals surface area contributed by atoms with Crippen LogP contribution in [0.3, 0.4) is 0 Å². The Morgan fingerprint density at radius 3 is 2.21 bits per heavy atom. The molecule has 0 saturated heterocycles. The summed E-state index contributed by atoms with van der Waals surface area (Å²) >= 11 is 0. The second-order valence-electron chi connectivity index (χ2n) is 9.44. The second-order valence-corrected chi connectivity index (χ2v) is 9.44. The maximum atomic E-state index is 13.9. The Bertz CT molecular complexity index is 1310. The SMILES string of the molecule is CC(C)[C@@H]1C(=O)N(CC(=O)N[C@H](C=O)Cc2ccccc2)C(c2ccccc2)=CN1C(=O)c1ccncc1. The zero-order valence-electron chi connectivity index (χ0n) is 21.4. The number of nitrogens with zero attached hydrogens (tertiary/aromatic N) is 3. The molecule has 0 saturated carbocycles. The Morgan fingerprint density at radius 1 is 0.974 bits per heavy atom. The van der Waals surface area contributed by atoms with Crippen molar-refractivity contribution >= 4 is 29.7 Å². The van der Waals surface area contributed by atoms with Gasteiger partial charge in [0.1, 0.15) is 18.9 Å². The first-order valence-electron chi connectivity index (χ1n) is 12.5. The third-order valence-electron chi connectivity index (χ3n) is 6.34. The summed E-state index contributed by atoms with van der Waals surface area (Å²) in [7, 11) is 0. The van der Waals surface area contributed by atoms with Crippen molar-refractivity contribution in [2.75, 3.05) is 6.54 Å². The van der Waals surface area contributed by atoms with Crippen LogP contribution in [0.5, 0.6) is 0 Å². The highest BCUT2D eigenvalue weighted by atomic mass is 16.2. The van der Waals surface area contributed by atoms with Gasteiger partial charge >= 0.3 is 0 Å². The van der Waals surface area contributed by atoms with Gasteiger partial charge in [-0.2, -0.15) is 0 Å². The Kier molecular flexibility index (Phi) is 8.43. The Hall–Kier alpha value is -4.59. The number of benzene rings is 2. The van der Waals surface area contributed by atoms with Crippen molar-refractivity contribution in [2.24, 2.45) is 5.92 Å². The topological polar surface area (TPSA) is 99.7 Å². The summed E-state index contributed by atoms with van der Waals surface area (Å²) in [6.45, 7) is 3.42. The fourth-order valence-corrected chi connectivity index (χ4v) is 4.51. The first-order chi connectivity index (χ1) is 18.4. The van der Waals surface area contributed by atoms with Crippen molar-refractivity contribution in [2.45, 2.75) is 32.4 Å². The maximum absolute atomic E-state index is 13.9. The summed E-state index contributed by atoms with van der Waals surface area (Å²) in [5.74, 6) is -1.40. The van der Waals surface area contributed by atoms with Crippen molar-refractivity contribution in [1.29, 1.82) is 0 Å². The molecule has 0 aliphatic carbocycles. The van der Waals surface area contributed by atoms with E-state index in [0.717, 1.165) is 5.56 Å². The number of aromatic nitrogens is 1. The quantitative estimate of drug-likeness (QED) is 0.445. The van der Waals surface area contributed by atoms with Crippen LogP contribution in [0.4, 0.5) is 0 Å². The molecule has 1 aromatic heterocycles. The lowest BCUT2D eigenvalue weighted by atomic mass is 9.96. The van der Waals surface area contributed by atoms with Gasteiger partial charge in [-0.15, -0.1) is 0 Å². The van der Waals surface area contributed by atoms with Crippen LogP contribution < -0.4 is 5.32 Å². The van der Waals surface area contributed by atoms with Crippen molar-refractivity contribution in [3.05, 3.63) is 108 Å². The number of amides is 3. The van der Waals surface area contributed by atoms with Crippen molar-refractivity contribution in [3.8, 4) is 0 Å². The number of pyridine rings is 1. The highest BCUT2D eigenvalue weighted by Gasteiger charge is 2.41. The van der Waals surface area contributed by atoms with Gasteiger partial charge in [0.05, 0.1) is 11.7 Å². The fraction of sp³-hybridized carbons (Fsp3) is 0.233. The lowest BCUT2D eigenvalue weighted by Gasteiger charge is -2.41. The summed E-state index contributed by atoms with van der Waals surface area (Å²) in [5.41, 5.74) is 2.42. The van der Waals surface area contributed by atoms with E-state index in [9.17, 15) is 19.2 Å². The third-order valence-corrected chi connectivity index (χ3v) is 6.34. The van der Waals surface area contributed by atoms with E-state index in [-0.39, 0.29) is 24.3 Å². The molecule has 1 N–H and O–H groups in total. The monoisotopic (exact) mass is 510 g/mol. The van der Waals surface area contributed by atoms with Crippen LogP contribution in [0.15, 0.2) is 91.4 Å². The van der Waals surface area contributed by atoms with Crippen LogP contribution in [-0.4, -0.2) is 57.4 Å². The molecular formula is C30H30N4O4. The zero-order chi connectivity index (χ0) is 27.1. The van der Waals surface area contributed by atoms with Gasteiger partial charge in [-0.25, -0.2) is 0 Å². The molecule has 194 valence electrons. The minimum Gasteiger partial charge on any atom is -0.345 e. The molecule has 2 aromatic carbocycles. The molecule has 3 amide bonds. The van der Waals surface area contributed by atoms with E-state index in [1.54, 1.807) is 18.3 Å². The minimum atomic E-state index is -0.817. The zero-order valence-corrected chi connectivity index (χ0v) is 21.4. The fourth-order valence-electron chi connectivity index (χ4n) is 4.51. The van der Waals surface area contributed by atoms with E-state index in [4.69, 9.17) is 0 Å². The molecule has 2 atom stereocenters. The Labute approximate surface area is 222 Å². The summed E-state index contributed by atoms with van der Waals surface area (Å²) in [6, 6.07) is 20.2. The summed E-state index contributed by atoms with van der Waals surface area (Å²) in [6.07, 6.45) is 5.73. The number of aldehydes is 1. The summed E-state index contributed by atoms with van der Waals surface area (Å²) in [5, 5.41) is 2.74. The third kappa shape index (κ3) is 6.03. The number of hydrogen-bond donors (Lipinski definition) is 1. The smallest absolute Gasteiger partial charge is 0.258 e. The lowest BCUT2D eigenvalue weighted by molar-refractivity contribution is -0.138. The van der Waals surface area contributed by atoms with Gasteiger partial charge in [-0.3, -0.25) is 24.3 Å². The summed E-state index contributed by atoms with van der Waals surface area (Å²) in [4.78, 5) is 59.1. The van der Waals surface area contributed by atoms with Gasteiger partial charge in [-0.05, 0) is 35.6 Å². The van der Waals surface area contributed by atoms with Crippen LogP contribution in [0, 0.1) is 5.92 Å². The van der Waals surface area contributed by atoms with Gasteiger partial charge in [0.25, 0.3) is 11.8 Å². The molecule has 4 rings (SSSR count). The van der Waals surface area contributed by atoms with Crippen LogP contribution >= 0.6 is 0 Å². The molecule has 0 unspecified atom stereocenters. The number of carbonyl (C=O) groups excluding carboxylic acids is 4. The standard InChI is InChI=1S/C30H30N4O4/c1-21(2)28-30(38)33(19-27(36)32-25(20-35)17-22-9-5-3-6-10-22)26(23-11-7-4-8-12-23)18-34(28)29(37)24-13-15-31-16-14-24/h3-16,18,20-21,25,28H,17,19H2,1-2H3,(H,32,36)/t25-,28+/m0/s1. The van der Waals surface area contributed by atoms with Crippen molar-refractivity contribution in [3.63, 3.8) is 0 Å². The average molecular weight is 511 g/mol. The lowest BCUT2D eigenvalue weighted by Crippen LogP contribution is -2.56. The Balaban J connectivity index is 1.65. The first kappa shape index (κ1) is 26.5. The van der Waals surface area contributed by atoms with E-state index in [2.05, 4.69) is 10.3 Å². The van der Waals surface area contributed by atoms with Crippen molar-refractivity contribution in [1.82, 2.24) is 20.1 Å². The molecule has 8 heteroatoms. The van der Waals surface area contributed by atoms with Crippen LogP contribution in [-0.2, 0) is 20.8 Å². The number of rotatable bonds is 9. The van der Waals surface area contributed by atoms with E-state index < -0.39 is 18.0 Å². The van der Waals surface area contributed by atoms with Crippen molar-refractivity contribution < 1.29 is 19.2 Å². The number of nitrogens with one attached hydrogen (secondary N) is 1. The molecule has 8 nitrogen and oxygen atoms in total. The van der Waals surface area contributed by atoms with Crippen LogP contribution in [0.25, 0.3) is 5.70 Å². The van der Waals surface area contributed by atoms with Crippen LogP contribution in [0.2, 0.25) is 0 Å². The van der Waals surface area contributed by atoms with Crippen LogP contribution in [0.1, 0.15) is 35.3 Å². The number of hydrogen-bond acceptors (Lipinski definition) is 5. The molecule has 1 aliphatic rings. The number of carbonyl (C=O) groups is 4. The van der Waals surface area contributed by atoms with E-state index in [1.807, 2.05) is 74.5 Å². The molecule has 1 aliphatic heterocycles. The molecular weight excluding hydrogens is 480 g/mol. The van der Waals surface area contributed by atoms with E-state index in [0.29, 0.717) is 29.5 Å². The highest BCUT2D eigenvalue weighted by molar-refractivity contribution is 6.03. The first-order valence-corrected chi connectivity index (χ1v) is 12.5. The van der Waals surface area contributed by atoms with Gasteiger partial charge < -0.3 is 15.0 Å². The molecule has 0 bridgehead atoms. The maximum Gasteiger partial charge on any atom is 0.258 e. The van der Waals surface area contributed by atoms with E-state index in [1.165, 1.54) is 22.2 Å². The molecule has 3 aromatic rings. The predicted octanol–water partition coefficient (Wildman–Crippen LogP) is 3.32. The highest BCUT2D eigenvalue weighted by Crippen LogP contribution is 2.31. The summed E-state index contributed by atoms with van der Waals surface area (Å²) < 4.78 is 0. The molecule has 2 heterocycles. The van der Waals surface area contributed by atoms with Gasteiger partial charge in [0.2, 0.25) is 5.91 Å². The normalized spacial score (nSPS) is 16.1. The molecule has 0 spiro atoms. The predicted molar refractivity (Wildman–Crippen MR) is 143 cm³/mol. The molecule has 38 heavy (non-hydrogen) atoms. The van der Waals surface area contributed by atoms with Gasteiger partial charge in [0, 0.05) is 24.2 Å². The Morgan fingerprint density at radius 2 is 1.61 bits per heavy atom. The average Bonchev–Trinajstić information content (AvgIpc) is 2.94. The van der Waals surface area contributed by atoms with Gasteiger partial charge in [-0.1, -0.05) is 74.5 Å². The molecule has 0 radical (unpaired) electrons. The minimum absolute atomic E-state index is 0.228. The second kappa shape index (κ2) is 12.1. The van der Waals surface area contributed by atoms with Gasteiger partial charge in [0.15, 0.2) is 0 Å². The largest absolute Gasteiger partial charge is 0.345 e.